The zero-order valence-corrected chi connectivity index (χ0v) is 11.7. The van der Waals surface area contributed by atoms with Crippen LogP contribution in [0.3, 0.4) is 0 Å². The molecule has 2 rings (SSSR count). The van der Waals surface area contributed by atoms with Crippen LogP contribution in [0.4, 0.5) is 0 Å². The molecule has 0 saturated carbocycles. The van der Waals surface area contributed by atoms with Gasteiger partial charge in [0.1, 0.15) is 0 Å². The van der Waals surface area contributed by atoms with Crippen LogP contribution in [0.2, 0.25) is 5.02 Å². The monoisotopic (exact) mass is 284 g/mol. The van der Waals surface area contributed by atoms with Crippen molar-refractivity contribution in [2.24, 2.45) is 4.99 Å². The SMILES string of the molecule is COCCn1c(=NC(C)=O)sc2cccc(Cl)c21. The number of carbonyl (C=O) groups excluding carboxylic acids is 1. The molecule has 4 nitrogen and oxygen atoms in total. The zero-order chi connectivity index (χ0) is 13.1. The van der Waals surface area contributed by atoms with E-state index < -0.39 is 0 Å². The van der Waals surface area contributed by atoms with Crippen molar-refractivity contribution in [3.63, 3.8) is 0 Å². The highest BCUT2D eigenvalue weighted by Gasteiger charge is 2.09. The number of thiazole rings is 1. The Morgan fingerprint density at radius 3 is 3.00 bits per heavy atom. The molecule has 0 spiro atoms. The summed E-state index contributed by atoms with van der Waals surface area (Å²) in [6, 6.07) is 5.69. The molecule has 0 aliphatic rings. The minimum Gasteiger partial charge on any atom is -0.383 e. The lowest BCUT2D eigenvalue weighted by atomic mass is 10.3. The van der Waals surface area contributed by atoms with E-state index in [-0.39, 0.29) is 5.91 Å². The highest BCUT2D eigenvalue weighted by atomic mass is 35.5. The Hall–Kier alpha value is -1.17. The highest BCUT2D eigenvalue weighted by Crippen LogP contribution is 2.25. The maximum atomic E-state index is 11.2. The third-order valence-corrected chi connectivity index (χ3v) is 3.77. The number of amides is 1. The molecular weight excluding hydrogens is 272 g/mol. The summed E-state index contributed by atoms with van der Waals surface area (Å²) < 4.78 is 8.01. The number of nitrogens with zero attached hydrogens (tertiary/aromatic N) is 2. The first kappa shape index (κ1) is 13.3. The molecule has 2 aromatic rings. The van der Waals surface area contributed by atoms with Crippen LogP contribution in [0.25, 0.3) is 10.2 Å². The summed E-state index contributed by atoms with van der Waals surface area (Å²) in [7, 11) is 1.64. The number of halogens is 1. The lowest BCUT2D eigenvalue weighted by Crippen LogP contribution is -2.18. The molecule has 0 atom stereocenters. The summed E-state index contributed by atoms with van der Waals surface area (Å²) >= 11 is 7.66. The van der Waals surface area contributed by atoms with Gasteiger partial charge in [0.15, 0.2) is 4.80 Å². The van der Waals surface area contributed by atoms with Crippen molar-refractivity contribution in [1.29, 1.82) is 0 Å². The average molecular weight is 285 g/mol. The molecule has 6 heteroatoms. The van der Waals surface area contributed by atoms with Gasteiger partial charge in [0.25, 0.3) is 0 Å². The molecule has 0 fully saturated rings. The van der Waals surface area contributed by atoms with Crippen LogP contribution >= 0.6 is 22.9 Å². The van der Waals surface area contributed by atoms with Crippen molar-refractivity contribution < 1.29 is 9.53 Å². The van der Waals surface area contributed by atoms with Crippen LogP contribution in [0.1, 0.15) is 6.92 Å². The third kappa shape index (κ3) is 2.63. The van der Waals surface area contributed by atoms with E-state index in [1.54, 1.807) is 7.11 Å². The van der Waals surface area contributed by atoms with Crippen molar-refractivity contribution in [2.75, 3.05) is 13.7 Å². The third-order valence-electron chi connectivity index (χ3n) is 2.42. The van der Waals surface area contributed by atoms with Gasteiger partial charge in [-0.3, -0.25) is 4.79 Å². The predicted molar refractivity (Wildman–Crippen MR) is 72.9 cm³/mol. The van der Waals surface area contributed by atoms with Gasteiger partial charge >= 0.3 is 0 Å². The number of hydrogen-bond acceptors (Lipinski definition) is 3. The minimum atomic E-state index is -0.219. The van der Waals surface area contributed by atoms with E-state index in [2.05, 4.69) is 4.99 Å². The maximum absolute atomic E-state index is 11.2. The first-order valence-electron chi connectivity index (χ1n) is 5.45. The highest BCUT2D eigenvalue weighted by molar-refractivity contribution is 7.16. The normalized spacial score (nSPS) is 12.3. The number of aromatic nitrogens is 1. The second-order valence-electron chi connectivity index (χ2n) is 3.75. The number of hydrogen-bond donors (Lipinski definition) is 0. The first-order valence-corrected chi connectivity index (χ1v) is 6.65. The number of ether oxygens (including phenoxy) is 1. The van der Waals surface area contributed by atoms with Crippen LogP contribution in [-0.2, 0) is 16.1 Å². The van der Waals surface area contributed by atoms with Crippen molar-refractivity contribution in [2.45, 2.75) is 13.5 Å². The van der Waals surface area contributed by atoms with Gasteiger partial charge in [0.2, 0.25) is 5.91 Å². The van der Waals surface area contributed by atoms with E-state index in [1.165, 1.54) is 18.3 Å². The summed E-state index contributed by atoms with van der Waals surface area (Å²) in [6.45, 7) is 2.60. The fourth-order valence-corrected chi connectivity index (χ4v) is 3.16. The van der Waals surface area contributed by atoms with Crippen LogP contribution in [0.5, 0.6) is 0 Å². The minimum absolute atomic E-state index is 0.219. The van der Waals surface area contributed by atoms with Gasteiger partial charge in [-0.1, -0.05) is 29.0 Å². The summed E-state index contributed by atoms with van der Waals surface area (Å²) in [5, 5.41) is 0.657. The molecule has 1 aromatic carbocycles. The van der Waals surface area contributed by atoms with Crippen molar-refractivity contribution in [1.82, 2.24) is 4.57 Å². The Bertz CT molecular complexity index is 645. The van der Waals surface area contributed by atoms with E-state index in [0.717, 1.165) is 10.2 Å². The van der Waals surface area contributed by atoms with Gasteiger partial charge in [0, 0.05) is 20.6 Å². The molecule has 0 saturated heterocycles. The zero-order valence-electron chi connectivity index (χ0n) is 10.1. The second-order valence-corrected chi connectivity index (χ2v) is 5.16. The quantitative estimate of drug-likeness (QED) is 0.869. The molecule has 1 amide bonds. The molecule has 1 aromatic heterocycles. The van der Waals surface area contributed by atoms with Crippen LogP contribution in [0.15, 0.2) is 23.2 Å². The molecule has 0 unspecified atom stereocenters. The van der Waals surface area contributed by atoms with Gasteiger partial charge in [-0.15, -0.1) is 0 Å². The standard InChI is InChI=1S/C12H13ClN2O2S/c1-8(16)14-12-15(6-7-17-2)11-9(13)4-3-5-10(11)18-12/h3-5H,6-7H2,1-2H3. The fourth-order valence-electron chi connectivity index (χ4n) is 1.70. The van der Waals surface area contributed by atoms with Gasteiger partial charge in [-0.25, -0.2) is 0 Å². The Kier molecular flexibility index (Phi) is 4.16. The molecule has 0 aliphatic carbocycles. The number of rotatable bonds is 3. The van der Waals surface area contributed by atoms with Crippen LogP contribution < -0.4 is 4.80 Å². The van der Waals surface area contributed by atoms with Gasteiger partial charge in [-0.2, -0.15) is 4.99 Å². The molecular formula is C12H13ClN2O2S. The Labute approximate surface area is 113 Å². The molecule has 0 aliphatic heterocycles. The Morgan fingerprint density at radius 1 is 1.56 bits per heavy atom. The first-order chi connectivity index (χ1) is 8.63. The number of benzene rings is 1. The molecule has 0 radical (unpaired) electrons. The summed E-state index contributed by atoms with van der Waals surface area (Å²) in [5.41, 5.74) is 0.904. The Morgan fingerprint density at radius 2 is 2.33 bits per heavy atom. The summed E-state index contributed by atoms with van der Waals surface area (Å²) in [4.78, 5) is 15.8. The molecule has 18 heavy (non-hydrogen) atoms. The number of carbonyl (C=O) groups is 1. The van der Waals surface area contributed by atoms with E-state index in [1.807, 2.05) is 22.8 Å². The molecule has 0 bridgehead atoms. The van der Waals surface area contributed by atoms with Gasteiger partial charge < -0.3 is 9.30 Å². The van der Waals surface area contributed by atoms with Crippen LogP contribution in [-0.4, -0.2) is 24.2 Å². The number of para-hydroxylation sites is 1. The maximum Gasteiger partial charge on any atom is 0.245 e. The molecule has 96 valence electrons. The smallest absolute Gasteiger partial charge is 0.245 e. The van der Waals surface area contributed by atoms with E-state index in [9.17, 15) is 4.79 Å². The lowest BCUT2D eigenvalue weighted by molar-refractivity contribution is -0.116. The molecule has 1 heterocycles. The fraction of sp³-hybridized carbons (Fsp3) is 0.333. The van der Waals surface area contributed by atoms with E-state index in [0.29, 0.717) is 23.0 Å². The lowest BCUT2D eigenvalue weighted by Gasteiger charge is -2.05. The number of fused-ring (bicyclic) bond motifs is 1. The average Bonchev–Trinajstić information content (AvgIpc) is 2.64. The van der Waals surface area contributed by atoms with E-state index in [4.69, 9.17) is 16.3 Å². The van der Waals surface area contributed by atoms with E-state index >= 15 is 0 Å². The van der Waals surface area contributed by atoms with Crippen molar-refractivity contribution in [3.8, 4) is 0 Å². The predicted octanol–water partition coefficient (Wildman–Crippen LogP) is 2.45. The number of methoxy groups -OCH3 is 1. The molecule has 0 N–H and O–H groups in total. The van der Waals surface area contributed by atoms with Crippen molar-refractivity contribution in [3.05, 3.63) is 28.0 Å². The van der Waals surface area contributed by atoms with Crippen LogP contribution in [0, 0.1) is 0 Å². The Balaban J connectivity index is 2.70. The topological polar surface area (TPSA) is 43.6 Å². The summed E-state index contributed by atoms with van der Waals surface area (Å²) in [6.07, 6.45) is 0. The van der Waals surface area contributed by atoms with Crippen molar-refractivity contribution >= 4 is 39.1 Å². The van der Waals surface area contributed by atoms with Gasteiger partial charge in [0.05, 0.1) is 21.8 Å². The largest absolute Gasteiger partial charge is 0.383 e. The summed E-state index contributed by atoms with van der Waals surface area (Å²) in [5.74, 6) is -0.219. The van der Waals surface area contributed by atoms with Gasteiger partial charge in [-0.05, 0) is 12.1 Å². The second kappa shape index (κ2) is 5.65.